The van der Waals surface area contributed by atoms with E-state index in [9.17, 15) is 4.79 Å². The lowest BCUT2D eigenvalue weighted by atomic mass is 10.1. The fourth-order valence-electron chi connectivity index (χ4n) is 2.90. The van der Waals surface area contributed by atoms with Crippen LogP contribution in [-0.2, 0) is 24.3 Å². The molecule has 0 aromatic carbocycles. The number of nitrogens with zero attached hydrogens (tertiary/aromatic N) is 4. The third-order valence-electron chi connectivity index (χ3n) is 4.28. The van der Waals surface area contributed by atoms with Gasteiger partial charge in [-0.25, -0.2) is 4.98 Å². The van der Waals surface area contributed by atoms with Crippen molar-refractivity contribution >= 4 is 39.4 Å². The predicted octanol–water partition coefficient (Wildman–Crippen LogP) is 3.74. The van der Waals surface area contributed by atoms with Crippen molar-refractivity contribution in [1.82, 2.24) is 19.7 Å². The number of amides is 1. The van der Waals surface area contributed by atoms with Crippen LogP contribution in [-0.4, -0.2) is 32.1 Å². The molecular weight excluding hydrogens is 354 g/mol. The number of anilines is 2. The summed E-state index contributed by atoms with van der Waals surface area (Å²) in [6, 6.07) is 2.18. The molecule has 0 bridgehead atoms. The first-order valence-electron chi connectivity index (χ1n) is 8.25. The van der Waals surface area contributed by atoms with Crippen LogP contribution in [0.25, 0.3) is 10.6 Å². The van der Waals surface area contributed by atoms with Gasteiger partial charge in [0.05, 0.1) is 22.5 Å². The Morgan fingerprint density at radius 2 is 2.32 bits per heavy atom. The molecule has 1 amide bonds. The van der Waals surface area contributed by atoms with E-state index < -0.39 is 0 Å². The van der Waals surface area contributed by atoms with Crippen molar-refractivity contribution in [2.45, 2.75) is 33.4 Å². The van der Waals surface area contributed by atoms with E-state index in [2.05, 4.69) is 28.8 Å². The van der Waals surface area contributed by atoms with Crippen LogP contribution in [0.5, 0.6) is 0 Å². The molecule has 0 aliphatic carbocycles. The number of rotatable bonds is 4. The Balaban J connectivity index is 1.52. The highest BCUT2D eigenvalue weighted by Crippen LogP contribution is 2.36. The van der Waals surface area contributed by atoms with E-state index in [-0.39, 0.29) is 5.91 Å². The van der Waals surface area contributed by atoms with Gasteiger partial charge in [-0.2, -0.15) is 5.10 Å². The summed E-state index contributed by atoms with van der Waals surface area (Å²) in [4.78, 5) is 20.7. The van der Waals surface area contributed by atoms with Crippen molar-refractivity contribution < 1.29 is 4.79 Å². The van der Waals surface area contributed by atoms with Crippen molar-refractivity contribution in [3.8, 4) is 10.6 Å². The van der Waals surface area contributed by atoms with Crippen LogP contribution >= 0.6 is 22.7 Å². The van der Waals surface area contributed by atoms with Crippen LogP contribution in [0, 0.1) is 0 Å². The molecule has 0 saturated carbocycles. The summed E-state index contributed by atoms with van der Waals surface area (Å²) >= 11 is 3.38. The second kappa shape index (κ2) is 6.61. The minimum Gasteiger partial charge on any atom is -0.338 e. The zero-order chi connectivity index (χ0) is 17.4. The Morgan fingerprint density at radius 3 is 3.08 bits per heavy atom. The van der Waals surface area contributed by atoms with E-state index >= 15 is 0 Å². The number of fused-ring (bicyclic) bond motifs is 1. The highest BCUT2D eigenvalue weighted by Gasteiger charge is 2.21. The predicted molar refractivity (Wildman–Crippen MR) is 101 cm³/mol. The molecule has 3 aromatic rings. The minimum atomic E-state index is 0.145. The molecule has 130 valence electrons. The van der Waals surface area contributed by atoms with Crippen molar-refractivity contribution in [3.63, 3.8) is 0 Å². The van der Waals surface area contributed by atoms with Gasteiger partial charge in [0.25, 0.3) is 0 Å². The summed E-state index contributed by atoms with van der Waals surface area (Å²) in [5.74, 6) is 0.145. The Labute approximate surface area is 154 Å². The molecule has 6 nitrogen and oxygen atoms in total. The number of thiazole rings is 1. The largest absolute Gasteiger partial charge is 0.338 e. The van der Waals surface area contributed by atoms with Gasteiger partial charge < -0.3 is 10.2 Å². The van der Waals surface area contributed by atoms with Crippen LogP contribution in [0.4, 0.5) is 10.8 Å². The summed E-state index contributed by atoms with van der Waals surface area (Å²) in [5, 5.41) is 10.5. The lowest BCUT2D eigenvalue weighted by Gasteiger charge is -2.25. The molecule has 0 saturated heterocycles. The fourth-order valence-corrected chi connectivity index (χ4v) is 4.83. The van der Waals surface area contributed by atoms with Gasteiger partial charge in [0.1, 0.15) is 0 Å². The lowest BCUT2D eigenvalue weighted by Crippen LogP contribution is -2.33. The molecule has 8 heteroatoms. The average molecular weight is 374 g/mol. The first-order valence-corrected chi connectivity index (χ1v) is 9.94. The van der Waals surface area contributed by atoms with E-state index in [0.717, 1.165) is 36.0 Å². The van der Waals surface area contributed by atoms with Crippen molar-refractivity contribution in [2.75, 3.05) is 11.9 Å². The standard InChI is InChI=1S/C17H19N5OS2/c1-3-22-9-13(7-18-22)19-17-20-14(10-24-17)16-6-12-8-21(11(2)23)5-4-15(12)25-16/h6-7,9-10H,3-5,8H2,1-2H3,(H,19,20). The number of thiophene rings is 1. The quantitative estimate of drug-likeness (QED) is 0.757. The van der Waals surface area contributed by atoms with Crippen LogP contribution in [0.15, 0.2) is 23.8 Å². The molecule has 25 heavy (non-hydrogen) atoms. The molecule has 0 unspecified atom stereocenters. The van der Waals surface area contributed by atoms with Gasteiger partial charge in [0, 0.05) is 43.0 Å². The van der Waals surface area contributed by atoms with Gasteiger partial charge in [-0.05, 0) is 25.0 Å². The Kier molecular flexibility index (Phi) is 4.30. The molecule has 0 fully saturated rings. The molecule has 0 radical (unpaired) electrons. The summed E-state index contributed by atoms with van der Waals surface area (Å²) in [6.07, 6.45) is 4.72. The number of hydrogen-bond acceptors (Lipinski definition) is 6. The zero-order valence-electron chi connectivity index (χ0n) is 14.2. The molecule has 0 atom stereocenters. The average Bonchev–Trinajstić information content (AvgIpc) is 3.33. The van der Waals surface area contributed by atoms with Gasteiger partial charge >= 0.3 is 0 Å². The molecule has 1 N–H and O–H groups in total. The number of aromatic nitrogens is 3. The summed E-state index contributed by atoms with van der Waals surface area (Å²) in [7, 11) is 0. The molecule has 1 aliphatic rings. The Bertz CT molecular complexity index is 910. The van der Waals surface area contributed by atoms with Gasteiger partial charge in [-0.1, -0.05) is 0 Å². The van der Waals surface area contributed by atoms with Gasteiger partial charge in [-0.3, -0.25) is 9.48 Å². The molecule has 4 heterocycles. The van der Waals surface area contributed by atoms with Crippen molar-refractivity contribution in [1.29, 1.82) is 0 Å². The van der Waals surface area contributed by atoms with Gasteiger partial charge in [-0.15, -0.1) is 22.7 Å². The molecular formula is C17H19N5OS2. The fraction of sp³-hybridized carbons (Fsp3) is 0.353. The minimum absolute atomic E-state index is 0.145. The maximum absolute atomic E-state index is 11.6. The summed E-state index contributed by atoms with van der Waals surface area (Å²) in [5.41, 5.74) is 3.20. The van der Waals surface area contributed by atoms with Crippen LogP contribution < -0.4 is 5.32 Å². The maximum Gasteiger partial charge on any atom is 0.219 e. The van der Waals surface area contributed by atoms with Gasteiger partial charge in [0.15, 0.2) is 5.13 Å². The van der Waals surface area contributed by atoms with E-state index in [1.165, 1.54) is 15.3 Å². The number of carbonyl (C=O) groups is 1. The SMILES string of the molecule is CCn1cc(Nc2nc(-c3cc4c(s3)CCN(C(C)=O)C4)cs2)cn1. The number of carbonyl (C=O) groups excluding carboxylic acids is 1. The van der Waals surface area contributed by atoms with E-state index in [1.54, 1.807) is 29.6 Å². The smallest absolute Gasteiger partial charge is 0.219 e. The third kappa shape index (κ3) is 3.32. The second-order valence-corrected chi connectivity index (χ2v) is 7.99. The highest BCUT2D eigenvalue weighted by molar-refractivity contribution is 7.17. The first kappa shape index (κ1) is 16.3. The Morgan fingerprint density at radius 1 is 1.44 bits per heavy atom. The maximum atomic E-state index is 11.6. The van der Waals surface area contributed by atoms with Crippen molar-refractivity contribution in [3.05, 3.63) is 34.3 Å². The monoisotopic (exact) mass is 373 g/mol. The molecule has 4 rings (SSSR count). The topological polar surface area (TPSA) is 63.1 Å². The van der Waals surface area contributed by atoms with Crippen LogP contribution in [0.2, 0.25) is 0 Å². The number of nitrogens with one attached hydrogen (secondary N) is 1. The van der Waals surface area contributed by atoms with Crippen LogP contribution in [0.1, 0.15) is 24.3 Å². The highest BCUT2D eigenvalue weighted by atomic mass is 32.1. The van der Waals surface area contributed by atoms with E-state index in [0.29, 0.717) is 6.54 Å². The third-order valence-corrected chi connectivity index (χ3v) is 6.29. The molecule has 3 aromatic heterocycles. The molecule has 0 spiro atoms. The summed E-state index contributed by atoms with van der Waals surface area (Å²) < 4.78 is 1.88. The first-order chi connectivity index (χ1) is 12.1. The number of aryl methyl sites for hydroxylation is 1. The second-order valence-electron chi connectivity index (χ2n) is 6.00. The molecule has 1 aliphatic heterocycles. The normalized spacial score (nSPS) is 13.8. The number of hydrogen-bond donors (Lipinski definition) is 1. The van der Waals surface area contributed by atoms with E-state index in [4.69, 9.17) is 4.98 Å². The van der Waals surface area contributed by atoms with Crippen LogP contribution in [0.3, 0.4) is 0 Å². The van der Waals surface area contributed by atoms with Crippen molar-refractivity contribution in [2.24, 2.45) is 0 Å². The zero-order valence-corrected chi connectivity index (χ0v) is 15.8. The lowest BCUT2D eigenvalue weighted by molar-refractivity contribution is -0.129. The van der Waals surface area contributed by atoms with Gasteiger partial charge in [0.2, 0.25) is 5.91 Å². The summed E-state index contributed by atoms with van der Waals surface area (Å²) in [6.45, 7) is 6.07. The Hall–Kier alpha value is -2.19. The van der Waals surface area contributed by atoms with E-state index in [1.807, 2.05) is 22.0 Å².